The molecule has 2 aliphatic heterocycles. The van der Waals surface area contributed by atoms with Crippen molar-refractivity contribution in [3.05, 3.63) is 35.1 Å². The Bertz CT molecular complexity index is 750. The van der Waals surface area contributed by atoms with E-state index >= 15 is 0 Å². The molecule has 0 saturated carbocycles. The van der Waals surface area contributed by atoms with Gasteiger partial charge in [0.15, 0.2) is 0 Å². The molecule has 2 heterocycles. The molecule has 1 aromatic rings. The summed E-state index contributed by atoms with van der Waals surface area (Å²) in [4.78, 5) is 40.8. The van der Waals surface area contributed by atoms with Crippen LogP contribution in [-0.2, 0) is 9.59 Å². The third-order valence-corrected chi connectivity index (χ3v) is 4.99. The molecular formula is C19H24FN3O3. The zero-order chi connectivity index (χ0) is 19.0. The van der Waals surface area contributed by atoms with E-state index in [0.29, 0.717) is 31.0 Å². The van der Waals surface area contributed by atoms with E-state index in [1.807, 2.05) is 13.8 Å². The highest BCUT2D eigenvalue weighted by atomic mass is 19.1. The quantitative estimate of drug-likeness (QED) is 0.883. The fourth-order valence-electron chi connectivity index (χ4n) is 3.53. The average molecular weight is 361 g/mol. The van der Waals surface area contributed by atoms with Crippen molar-refractivity contribution >= 4 is 17.7 Å². The first-order chi connectivity index (χ1) is 12.3. The zero-order valence-electron chi connectivity index (χ0n) is 15.3. The van der Waals surface area contributed by atoms with Gasteiger partial charge in [-0.25, -0.2) is 4.39 Å². The molecule has 0 spiro atoms. The molecule has 2 fully saturated rings. The number of carbonyl (C=O) groups is 3. The van der Waals surface area contributed by atoms with Crippen LogP contribution < -0.4 is 5.32 Å². The molecule has 0 aliphatic carbocycles. The summed E-state index contributed by atoms with van der Waals surface area (Å²) in [7, 11) is 0. The molecule has 0 aromatic heterocycles. The maximum Gasteiger partial charge on any atom is 0.254 e. The molecule has 2 aliphatic rings. The minimum atomic E-state index is -0.682. The molecule has 2 atom stereocenters. The van der Waals surface area contributed by atoms with E-state index < -0.39 is 17.9 Å². The second kappa shape index (κ2) is 7.05. The Balaban J connectivity index is 1.73. The molecule has 3 rings (SSSR count). The summed E-state index contributed by atoms with van der Waals surface area (Å²) in [5.74, 6) is -0.788. The largest absolute Gasteiger partial charge is 0.342 e. The molecule has 6 nitrogen and oxygen atoms in total. The lowest BCUT2D eigenvalue weighted by Crippen LogP contribution is -2.69. The molecule has 1 N–H and O–H groups in total. The molecule has 1 aromatic carbocycles. The Morgan fingerprint density at radius 1 is 1.31 bits per heavy atom. The van der Waals surface area contributed by atoms with Crippen LogP contribution in [0.4, 0.5) is 4.39 Å². The number of rotatable bonds is 3. The molecule has 0 radical (unpaired) electrons. The van der Waals surface area contributed by atoms with Crippen molar-refractivity contribution < 1.29 is 18.8 Å². The maximum atomic E-state index is 13.7. The third-order valence-electron chi connectivity index (χ3n) is 4.99. The van der Waals surface area contributed by atoms with Gasteiger partial charge in [-0.15, -0.1) is 0 Å². The van der Waals surface area contributed by atoms with Crippen molar-refractivity contribution in [3.63, 3.8) is 0 Å². The van der Waals surface area contributed by atoms with Crippen LogP contribution in [0.3, 0.4) is 0 Å². The van der Waals surface area contributed by atoms with Gasteiger partial charge in [0.25, 0.3) is 5.91 Å². The number of nitrogens with one attached hydrogen (secondary N) is 1. The van der Waals surface area contributed by atoms with Crippen LogP contribution in [0.1, 0.15) is 36.2 Å². The highest BCUT2D eigenvalue weighted by Gasteiger charge is 2.44. The van der Waals surface area contributed by atoms with Crippen LogP contribution in [0.5, 0.6) is 0 Å². The normalized spacial score (nSPS) is 23.1. The lowest BCUT2D eigenvalue weighted by molar-refractivity contribution is -0.152. The third kappa shape index (κ3) is 3.43. The van der Waals surface area contributed by atoms with Gasteiger partial charge in [-0.2, -0.15) is 0 Å². The Labute approximate surface area is 152 Å². The number of nitrogens with zero attached hydrogens (tertiary/aromatic N) is 2. The fourth-order valence-corrected chi connectivity index (χ4v) is 3.53. The van der Waals surface area contributed by atoms with E-state index in [4.69, 9.17) is 0 Å². The minimum Gasteiger partial charge on any atom is -0.342 e. The topological polar surface area (TPSA) is 69.7 Å². The molecule has 7 heteroatoms. The molecule has 26 heavy (non-hydrogen) atoms. The molecule has 3 amide bonds. The first-order valence-corrected chi connectivity index (χ1v) is 8.94. The van der Waals surface area contributed by atoms with Crippen molar-refractivity contribution in [2.45, 2.75) is 39.3 Å². The highest BCUT2D eigenvalue weighted by molar-refractivity contribution is 5.99. The Morgan fingerprint density at radius 3 is 2.69 bits per heavy atom. The van der Waals surface area contributed by atoms with E-state index in [9.17, 15) is 18.8 Å². The highest BCUT2D eigenvalue weighted by Crippen LogP contribution is 2.21. The number of hydrogen-bond donors (Lipinski definition) is 1. The van der Waals surface area contributed by atoms with E-state index in [1.54, 1.807) is 24.0 Å². The standard InChI is InChI=1S/C19H24FN3O3/c1-11(2)8-15-19(26)23-7-6-22(10-16(23)17(24)21-15)18(25)13-5-4-12(3)14(20)9-13/h4-5,9,11,15-16H,6-8,10H2,1-3H3,(H,21,24)/t15-,16-/m1/s1. The summed E-state index contributed by atoms with van der Waals surface area (Å²) in [5.41, 5.74) is 0.724. The number of fused-ring (bicyclic) bond motifs is 1. The number of carbonyl (C=O) groups excluding carboxylic acids is 3. The molecule has 140 valence electrons. The van der Waals surface area contributed by atoms with Crippen LogP contribution in [0.15, 0.2) is 18.2 Å². The van der Waals surface area contributed by atoms with Crippen LogP contribution in [0.2, 0.25) is 0 Å². The zero-order valence-corrected chi connectivity index (χ0v) is 15.3. The Morgan fingerprint density at radius 2 is 2.04 bits per heavy atom. The van der Waals surface area contributed by atoms with Gasteiger partial charge >= 0.3 is 0 Å². The number of benzene rings is 1. The fraction of sp³-hybridized carbons (Fsp3) is 0.526. The Hall–Kier alpha value is -2.44. The summed E-state index contributed by atoms with van der Waals surface area (Å²) < 4.78 is 13.7. The van der Waals surface area contributed by atoms with Crippen LogP contribution >= 0.6 is 0 Å². The van der Waals surface area contributed by atoms with Gasteiger partial charge in [0.2, 0.25) is 11.8 Å². The van der Waals surface area contributed by atoms with Crippen LogP contribution in [0.25, 0.3) is 0 Å². The summed E-state index contributed by atoms with van der Waals surface area (Å²) in [6, 6.07) is 3.19. The minimum absolute atomic E-state index is 0.0863. The van der Waals surface area contributed by atoms with Gasteiger partial charge in [0.05, 0.1) is 6.54 Å². The second-order valence-electron chi connectivity index (χ2n) is 7.45. The average Bonchev–Trinajstić information content (AvgIpc) is 2.60. The second-order valence-corrected chi connectivity index (χ2v) is 7.45. The summed E-state index contributed by atoms with van der Waals surface area (Å²) in [6.07, 6.45) is 0.596. The number of piperazine rings is 2. The monoisotopic (exact) mass is 361 g/mol. The van der Waals surface area contributed by atoms with Crippen molar-refractivity contribution in [1.82, 2.24) is 15.1 Å². The van der Waals surface area contributed by atoms with Crippen molar-refractivity contribution in [1.29, 1.82) is 0 Å². The van der Waals surface area contributed by atoms with Crippen LogP contribution in [-0.4, -0.2) is 59.2 Å². The van der Waals surface area contributed by atoms with Gasteiger partial charge in [0, 0.05) is 18.7 Å². The van der Waals surface area contributed by atoms with Gasteiger partial charge in [-0.05, 0) is 37.0 Å². The van der Waals surface area contributed by atoms with Crippen molar-refractivity contribution in [2.75, 3.05) is 19.6 Å². The van der Waals surface area contributed by atoms with Gasteiger partial charge in [-0.3, -0.25) is 14.4 Å². The predicted octanol–water partition coefficient (Wildman–Crippen LogP) is 1.33. The first-order valence-electron chi connectivity index (χ1n) is 8.94. The van der Waals surface area contributed by atoms with E-state index in [-0.39, 0.29) is 29.8 Å². The van der Waals surface area contributed by atoms with Crippen molar-refractivity contribution in [3.8, 4) is 0 Å². The Kier molecular flexibility index (Phi) is 4.98. The SMILES string of the molecule is Cc1ccc(C(=O)N2CCN3C(=O)[C@@H](CC(C)C)NC(=O)[C@H]3C2)cc1F. The lowest BCUT2D eigenvalue weighted by Gasteiger charge is -2.45. The van der Waals surface area contributed by atoms with E-state index in [1.165, 1.54) is 11.0 Å². The van der Waals surface area contributed by atoms with Gasteiger partial charge < -0.3 is 15.1 Å². The molecular weight excluding hydrogens is 337 g/mol. The first kappa shape index (κ1) is 18.4. The summed E-state index contributed by atoms with van der Waals surface area (Å²) in [6.45, 7) is 6.41. The predicted molar refractivity (Wildman–Crippen MR) is 93.9 cm³/mol. The lowest BCUT2D eigenvalue weighted by atomic mass is 9.97. The van der Waals surface area contributed by atoms with E-state index in [0.717, 1.165) is 0 Å². The van der Waals surface area contributed by atoms with E-state index in [2.05, 4.69) is 5.32 Å². The number of halogens is 1. The summed E-state index contributed by atoms with van der Waals surface area (Å²) >= 11 is 0. The summed E-state index contributed by atoms with van der Waals surface area (Å²) in [5, 5.41) is 2.78. The van der Waals surface area contributed by atoms with Gasteiger partial charge in [0.1, 0.15) is 17.9 Å². The molecule has 0 unspecified atom stereocenters. The van der Waals surface area contributed by atoms with Gasteiger partial charge in [-0.1, -0.05) is 19.9 Å². The molecule has 0 bridgehead atoms. The number of amides is 3. The number of aryl methyl sites for hydroxylation is 1. The maximum absolute atomic E-state index is 13.7. The smallest absolute Gasteiger partial charge is 0.254 e. The number of hydrogen-bond acceptors (Lipinski definition) is 3. The molecule has 2 saturated heterocycles. The van der Waals surface area contributed by atoms with Crippen molar-refractivity contribution in [2.24, 2.45) is 5.92 Å². The van der Waals surface area contributed by atoms with Crippen LogP contribution in [0, 0.1) is 18.7 Å².